The van der Waals surface area contributed by atoms with Gasteiger partial charge in [-0.2, -0.15) is 5.10 Å². The molecule has 3 heterocycles. The smallest absolute Gasteiger partial charge is 0.254 e. The molecule has 0 radical (unpaired) electrons. The maximum absolute atomic E-state index is 13.0. The van der Waals surface area contributed by atoms with Gasteiger partial charge in [0.15, 0.2) is 5.65 Å². The lowest BCUT2D eigenvalue weighted by molar-refractivity contribution is 0.0603. The van der Waals surface area contributed by atoms with Crippen molar-refractivity contribution >= 4 is 17.5 Å². The Bertz CT molecular complexity index is 966. The molecule has 2 aromatic heterocycles. The van der Waals surface area contributed by atoms with Crippen molar-refractivity contribution in [1.82, 2.24) is 19.5 Å². The van der Waals surface area contributed by atoms with Crippen LogP contribution in [-0.2, 0) is 0 Å². The maximum atomic E-state index is 13.0. The molecule has 1 aliphatic rings. The van der Waals surface area contributed by atoms with Gasteiger partial charge in [0.1, 0.15) is 5.56 Å². The molecule has 0 spiro atoms. The van der Waals surface area contributed by atoms with E-state index < -0.39 is 5.91 Å². The third kappa shape index (κ3) is 2.71. The SMILES string of the molecule is NC(=O)c1cnn2c(C3CCCCN3C(=O)c3ccccc3)ccnc12. The Balaban J connectivity index is 1.76. The zero-order valence-electron chi connectivity index (χ0n) is 14.2. The molecule has 2 N–H and O–H groups in total. The van der Waals surface area contributed by atoms with Crippen molar-refractivity contribution in [3.63, 3.8) is 0 Å². The van der Waals surface area contributed by atoms with Gasteiger partial charge in [-0.25, -0.2) is 9.50 Å². The van der Waals surface area contributed by atoms with Crippen LogP contribution in [0.4, 0.5) is 0 Å². The van der Waals surface area contributed by atoms with Gasteiger partial charge in [-0.3, -0.25) is 9.59 Å². The highest BCUT2D eigenvalue weighted by molar-refractivity contribution is 5.98. The van der Waals surface area contributed by atoms with Gasteiger partial charge in [0.25, 0.3) is 11.8 Å². The second-order valence-corrected chi connectivity index (χ2v) is 6.40. The maximum Gasteiger partial charge on any atom is 0.254 e. The van der Waals surface area contributed by atoms with Gasteiger partial charge in [0.2, 0.25) is 0 Å². The third-order valence-electron chi connectivity index (χ3n) is 4.82. The minimum Gasteiger partial charge on any atom is -0.365 e. The number of primary amides is 1. The summed E-state index contributed by atoms with van der Waals surface area (Å²) in [4.78, 5) is 30.8. The number of likely N-dealkylation sites (tertiary alicyclic amines) is 1. The fraction of sp³-hybridized carbons (Fsp3) is 0.263. The molecule has 1 unspecified atom stereocenters. The van der Waals surface area contributed by atoms with Gasteiger partial charge in [-0.1, -0.05) is 18.2 Å². The molecule has 1 fully saturated rings. The normalized spacial score (nSPS) is 17.4. The molecule has 26 heavy (non-hydrogen) atoms. The molecule has 1 saturated heterocycles. The zero-order chi connectivity index (χ0) is 18.1. The van der Waals surface area contributed by atoms with Crippen molar-refractivity contribution in [2.75, 3.05) is 6.54 Å². The number of hydrogen-bond acceptors (Lipinski definition) is 4. The second-order valence-electron chi connectivity index (χ2n) is 6.40. The molecule has 1 aromatic carbocycles. The van der Waals surface area contributed by atoms with Gasteiger partial charge in [-0.05, 0) is 37.5 Å². The number of carbonyl (C=O) groups excluding carboxylic acids is 2. The fourth-order valence-corrected chi connectivity index (χ4v) is 3.56. The standard InChI is InChI=1S/C19H19N5O2/c20-17(25)14-12-22-24-16(9-10-21-18(14)24)15-8-4-5-11-23(15)19(26)13-6-2-1-3-7-13/h1-3,6-7,9-10,12,15H,4-5,8,11H2,(H2,20,25). The van der Waals surface area contributed by atoms with Crippen LogP contribution < -0.4 is 5.73 Å². The lowest BCUT2D eigenvalue weighted by Crippen LogP contribution is -2.39. The van der Waals surface area contributed by atoms with Crippen molar-refractivity contribution in [3.8, 4) is 0 Å². The first-order valence-corrected chi connectivity index (χ1v) is 8.65. The van der Waals surface area contributed by atoms with E-state index in [4.69, 9.17) is 5.73 Å². The largest absolute Gasteiger partial charge is 0.365 e. The number of amides is 2. The summed E-state index contributed by atoms with van der Waals surface area (Å²) in [6.07, 6.45) is 5.90. The van der Waals surface area contributed by atoms with Gasteiger partial charge < -0.3 is 10.6 Å². The average Bonchev–Trinajstić information content (AvgIpc) is 3.12. The lowest BCUT2D eigenvalue weighted by atomic mass is 9.97. The molecule has 7 nitrogen and oxygen atoms in total. The van der Waals surface area contributed by atoms with Gasteiger partial charge in [0, 0.05) is 18.3 Å². The number of nitrogens with zero attached hydrogens (tertiary/aromatic N) is 4. The summed E-state index contributed by atoms with van der Waals surface area (Å²) < 4.78 is 1.63. The minimum atomic E-state index is -0.564. The molecule has 4 rings (SSSR count). The van der Waals surface area contributed by atoms with Crippen molar-refractivity contribution in [1.29, 1.82) is 0 Å². The van der Waals surface area contributed by atoms with Gasteiger partial charge >= 0.3 is 0 Å². The Morgan fingerprint density at radius 3 is 2.69 bits per heavy atom. The van der Waals surface area contributed by atoms with Crippen molar-refractivity contribution in [2.24, 2.45) is 5.73 Å². The lowest BCUT2D eigenvalue weighted by Gasteiger charge is -2.36. The number of rotatable bonds is 3. The summed E-state index contributed by atoms with van der Waals surface area (Å²) in [7, 11) is 0. The minimum absolute atomic E-state index is 0.00235. The first kappa shape index (κ1) is 16.3. The van der Waals surface area contributed by atoms with Crippen LogP contribution in [0.1, 0.15) is 51.7 Å². The monoisotopic (exact) mass is 349 g/mol. The number of benzene rings is 1. The van der Waals surface area contributed by atoms with E-state index in [0.717, 1.165) is 25.0 Å². The quantitative estimate of drug-likeness (QED) is 0.784. The zero-order valence-corrected chi connectivity index (χ0v) is 14.2. The number of carbonyl (C=O) groups is 2. The fourth-order valence-electron chi connectivity index (χ4n) is 3.56. The Morgan fingerprint density at radius 1 is 1.12 bits per heavy atom. The Hall–Kier alpha value is -3.22. The first-order chi connectivity index (χ1) is 12.7. The number of hydrogen-bond donors (Lipinski definition) is 1. The predicted molar refractivity (Wildman–Crippen MR) is 95.6 cm³/mol. The molecule has 1 aliphatic heterocycles. The number of aromatic nitrogens is 3. The van der Waals surface area contributed by atoms with Gasteiger partial charge in [-0.15, -0.1) is 0 Å². The summed E-state index contributed by atoms with van der Waals surface area (Å²) in [5.74, 6) is -0.562. The molecule has 0 aliphatic carbocycles. The summed E-state index contributed by atoms with van der Waals surface area (Å²) in [6, 6.07) is 11.0. The van der Waals surface area contributed by atoms with Crippen LogP contribution in [0.5, 0.6) is 0 Å². The van der Waals surface area contributed by atoms with Crippen molar-refractivity contribution in [2.45, 2.75) is 25.3 Å². The first-order valence-electron chi connectivity index (χ1n) is 8.65. The molecular formula is C19H19N5O2. The van der Waals surface area contributed by atoms with E-state index in [0.29, 0.717) is 17.8 Å². The number of piperidine rings is 1. The molecule has 1 atom stereocenters. The van der Waals surface area contributed by atoms with Gasteiger partial charge in [0.05, 0.1) is 17.9 Å². The molecule has 3 aromatic rings. The third-order valence-corrected chi connectivity index (χ3v) is 4.82. The van der Waals surface area contributed by atoms with E-state index in [1.165, 1.54) is 6.20 Å². The van der Waals surface area contributed by atoms with Crippen molar-refractivity contribution in [3.05, 3.63) is 65.6 Å². The van der Waals surface area contributed by atoms with E-state index in [9.17, 15) is 9.59 Å². The number of fused-ring (bicyclic) bond motifs is 1. The highest BCUT2D eigenvalue weighted by Gasteiger charge is 2.31. The van der Waals surface area contributed by atoms with Crippen LogP contribution in [-0.4, -0.2) is 37.9 Å². The summed E-state index contributed by atoms with van der Waals surface area (Å²) in [6.45, 7) is 0.687. The van der Waals surface area contributed by atoms with Crippen LogP contribution in [0, 0.1) is 0 Å². The predicted octanol–water partition coefficient (Wildman–Crippen LogP) is 2.20. The van der Waals surface area contributed by atoms with Crippen LogP contribution in [0.15, 0.2) is 48.8 Å². The topological polar surface area (TPSA) is 93.6 Å². The van der Waals surface area contributed by atoms with Crippen molar-refractivity contribution < 1.29 is 9.59 Å². The van der Waals surface area contributed by atoms with Crippen LogP contribution in [0.25, 0.3) is 5.65 Å². The molecule has 2 amide bonds. The summed E-state index contributed by atoms with van der Waals surface area (Å²) >= 11 is 0. The Kier molecular flexibility index (Phi) is 4.12. The molecule has 7 heteroatoms. The van der Waals surface area contributed by atoms with Crippen LogP contribution in [0.2, 0.25) is 0 Å². The molecule has 0 bridgehead atoms. The summed E-state index contributed by atoms with van der Waals surface area (Å²) in [5.41, 5.74) is 7.62. The van der Waals surface area contributed by atoms with Crippen LogP contribution in [0.3, 0.4) is 0 Å². The molecular weight excluding hydrogens is 330 g/mol. The average molecular weight is 349 g/mol. The summed E-state index contributed by atoms with van der Waals surface area (Å²) in [5, 5.41) is 4.30. The second kappa shape index (κ2) is 6.59. The highest BCUT2D eigenvalue weighted by Crippen LogP contribution is 2.32. The van der Waals surface area contributed by atoms with E-state index in [1.54, 1.807) is 10.7 Å². The Morgan fingerprint density at radius 2 is 1.92 bits per heavy atom. The van der Waals surface area contributed by atoms with E-state index in [-0.39, 0.29) is 17.5 Å². The highest BCUT2D eigenvalue weighted by atomic mass is 16.2. The molecule has 132 valence electrons. The van der Waals surface area contributed by atoms with E-state index in [2.05, 4.69) is 10.1 Å². The van der Waals surface area contributed by atoms with Crippen LogP contribution >= 0.6 is 0 Å². The number of nitrogens with two attached hydrogens (primary N) is 1. The van der Waals surface area contributed by atoms with E-state index in [1.807, 2.05) is 41.3 Å². The van der Waals surface area contributed by atoms with E-state index >= 15 is 0 Å². The molecule has 0 saturated carbocycles. The Labute approximate surface area is 150 Å².